The van der Waals surface area contributed by atoms with Crippen molar-refractivity contribution in [2.45, 2.75) is 6.61 Å². The van der Waals surface area contributed by atoms with Crippen LogP contribution in [0.15, 0.2) is 40.9 Å². The van der Waals surface area contributed by atoms with Crippen LogP contribution in [0.2, 0.25) is 10.0 Å². The zero-order valence-electron chi connectivity index (χ0n) is 11.5. The van der Waals surface area contributed by atoms with Gasteiger partial charge in [-0.25, -0.2) is 8.78 Å². The van der Waals surface area contributed by atoms with E-state index in [4.69, 9.17) is 27.7 Å². The second kappa shape index (κ2) is 6.28. The molecule has 1 heterocycles. The highest BCUT2D eigenvalue weighted by atomic mass is 35.5. The van der Waals surface area contributed by atoms with Crippen molar-refractivity contribution in [3.8, 4) is 22.6 Å². The van der Waals surface area contributed by atoms with E-state index in [2.05, 4.69) is 5.16 Å². The molecule has 1 N–H and O–H groups in total. The number of aliphatic hydroxyl groups is 1. The minimum atomic E-state index is -0.747. The average molecular weight is 356 g/mol. The summed E-state index contributed by atoms with van der Waals surface area (Å²) in [5.41, 5.74) is 1.17. The second-order valence-corrected chi connectivity index (χ2v) is 5.60. The van der Waals surface area contributed by atoms with Crippen LogP contribution in [0.1, 0.15) is 5.56 Å². The molecule has 23 heavy (non-hydrogen) atoms. The maximum absolute atomic E-state index is 13.4. The van der Waals surface area contributed by atoms with E-state index in [0.29, 0.717) is 21.2 Å². The van der Waals surface area contributed by atoms with Gasteiger partial charge in [-0.15, -0.1) is 0 Å². The Morgan fingerprint density at radius 1 is 0.957 bits per heavy atom. The summed E-state index contributed by atoms with van der Waals surface area (Å²) in [6.45, 7) is -0.424. The first kappa shape index (κ1) is 15.9. The van der Waals surface area contributed by atoms with Gasteiger partial charge >= 0.3 is 0 Å². The monoisotopic (exact) mass is 355 g/mol. The summed E-state index contributed by atoms with van der Waals surface area (Å²) in [5.74, 6) is -1.24. The topological polar surface area (TPSA) is 46.3 Å². The molecule has 0 saturated heterocycles. The number of aliphatic hydroxyl groups excluding tert-OH is 1. The maximum Gasteiger partial charge on any atom is 0.173 e. The predicted octanol–water partition coefficient (Wildman–Crippen LogP) is 5.09. The molecule has 118 valence electrons. The standard InChI is InChI=1S/C16H9Cl2F2NO2/c17-13-2-1-8(5-14(13)18)16-12(7-22)15(21-23-16)9-3-10(19)6-11(20)4-9/h1-6,22H,7H2. The van der Waals surface area contributed by atoms with Crippen LogP contribution in [-0.4, -0.2) is 10.3 Å². The van der Waals surface area contributed by atoms with E-state index in [1.165, 1.54) is 0 Å². The second-order valence-electron chi connectivity index (χ2n) is 4.78. The number of benzene rings is 2. The smallest absolute Gasteiger partial charge is 0.173 e. The van der Waals surface area contributed by atoms with Crippen molar-refractivity contribution < 1.29 is 18.4 Å². The lowest BCUT2D eigenvalue weighted by Crippen LogP contribution is -1.91. The summed E-state index contributed by atoms with van der Waals surface area (Å²) in [4.78, 5) is 0. The van der Waals surface area contributed by atoms with Gasteiger partial charge in [0, 0.05) is 17.2 Å². The van der Waals surface area contributed by atoms with Crippen LogP contribution in [0.25, 0.3) is 22.6 Å². The van der Waals surface area contributed by atoms with Crippen LogP contribution in [0.4, 0.5) is 8.78 Å². The fourth-order valence-corrected chi connectivity index (χ4v) is 2.54. The first-order valence-electron chi connectivity index (χ1n) is 6.51. The van der Waals surface area contributed by atoms with E-state index >= 15 is 0 Å². The SMILES string of the molecule is OCc1c(-c2cc(F)cc(F)c2)noc1-c1ccc(Cl)c(Cl)c1. The quantitative estimate of drug-likeness (QED) is 0.711. The molecule has 0 aliphatic heterocycles. The minimum absolute atomic E-state index is 0.159. The van der Waals surface area contributed by atoms with E-state index in [-0.39, 0.29) is 17.0 Å². The van der Waals surface area contributed by atoms with Gasteiger partial charge in [0.15, 0.2) is 5.76 Å². The summed E-state index contributed by atoms with van der Waals surface area (Å²) < 4.78 is 32.0. The van der Waals surface area contributed by atoms with E-state index in [1.54, 1.807) is 18.2 Å². The fraction of sp³-hybridized carbons (Fsp3) is 0.0625. The summed E-state index contributed by atoms with van der Waals surface area (Å²) in [5, 5.41) is 14.1. The lowest BCUT2D eigenvalue weighted by Gasteiger charge is -2.03. The molecule has 3 nitrogen and oxygen atoms in total. The normalized spacial score (nSPS) is 11.0. The van der Waals surface area contributed by atoms with Crippen molar-refractivity contribution in [2.24, 2.45) is 0 Å². The number of nitrogens with zero attached hydrogens (tertiary/aromatic N) is 1. The first-order chi connectivity index (χ1) is 11.0. The molecule has 0 aliphatic carbocycles. The van der Waals surface area contributed by atoms with Crippen molar-refractivity contribution in [1.82, 2.24) is 5.16 Å². The molecule has 0 fully saturated rings. The largest absolute Gasteiger partial charge is 0.391 e. The molecule has 0 saturated carbocycles. The van der Waals surface area contributed by atoms with Crippen LogP contribution in [-0.2, 0) is 6.61 Å². The molecule has 0 spiro atoms. The molecule has 0 amide bonds. The van der Waals surface area contributed by atoms with E-state index in [9.17, 15) is 13.9 Å². The van der Waals surface area contributed by atoms with Gasteiger partial charge < -0.3 is 9.63 Å². The van der Waals surface area contributed by atoms with Crippen LogP contribution in [0.3, 0.4) is 0 Å². The molecule has 0 bridgehead atoms. The molecule has 0 aliphatic rings. The lowest BCUT2D eigenvalue weighted by atomic mass is 10.0. The Kier molecular flexibility index (Phi) is 4.35. The average Bonchev–Trinajstić information content (AvgIpc) is 2.93. The van der Waals surface area contributed by atoms with Crippen molar-refractivity contribution in [3.63, 3.8) is 0 Å². The minimum Gasteiger partial charge on any atom is -0.391 e. The van der Waals surface area contributed by atoms with Gasteiger partial charge in [-0.05, 0) is 30.3 Å². The van der Waals surface area contributed by atoms with Crippen LogP contribution in [0.5, 0.6) is 0 Å². The van der Waals surface area contributed by atoms with Gasteiger partial charge in [-0.2, -0.15) is 0 Å². The van der Waals surface area contributed by atoms with Crippen LogP contribution < -0.4 is 0 Å². The van der Waals surface area contributed by atoms with E-state index in [1.807, 2.05) is 0 Å². The van der Waals surface area contributed by atoms with Crippen molar-refractivity contribution in [3.05, 3.63) is 63.6 Å². The lowest BCUT2D eigenvalue weighted by molar-refractivity contribution is 0.281. The Labute approximate surface area is 140 Å². The Morgan fingerprint density at radius 3 is 2.26 bits per heavy atom. The van der Waals surface area contributed by atoms with Gasteiger partial charge in [-0.1, -0.05) is 28.4 Å². The molecule has 3 aromatic rings. The Hall–Kier alpha value is -1.95. The Morgan fingerprint density at radius 2 is 1.65 bits per heavy atom. The summed E-state index contributed by atoms with van der Waals surface area (Å²) >= 11 is 11.8. The van der Waals surface area contributed by atoms with Crippen molar-refractivity contribution in [1.29, 1.82) is 0 Å². The van der Waals surface area contributed by atoms with E-state index < -0.39 is 18.2 Å². The van der Waals surface area contributed by atoms with Gasteiger partial charge in [-0.3, -0.25) is 0 Å². The van der Waals surface area contributed by atoms with Crippen molar-refractivity contribution >= 4 is 23.2 Å². The highest BCUT2D eigenvalue weighted by molar-refractivity contribution is 6.42. The molecule has 7 heteroatoms. The van der Waals surface area contributed by atoms with Gasteiger partial charge in [0.25, 0.3) is 0 Å². The third-order valence-electron chi connectivity index (χ3n) is 3.26. The number of halogens is 4. The predicted molar refractivity (Wildman–Crippen MR) is 83.2 cm³/mol. The third kappa shape index (κ3) is 3.08. The van der Waals surface area contributed by atoms with Crippen LogP contribution >= 0.6 is 23.2 Å². The molecular weight excluding hydrogens is 347 g/mol. The molecule has 2 aromatic carbocycles. The number of hydrogen-bond donors (Lipinski definition) is 1. The van der Waals surface area contributed by atoms with Gasteiger partial charge in [0.05, 0.1) is 22.2 Å². The summed E-state index contributed by atoms with van der Waals surface area (Å²) in [7, 11) is 0. The zero-order valence-corrected chi connectivity index (χ0v) is 13.0. The summed E-state index contributed by atoms with van der Waals surface area (Å²) in [6, 6.07) is 7.74. The van der Waals surface area contributed by atoms with Gasteiger partial charge in [0.1, 0.15) is 17.3 Å². The highest BCUT2D eigenvalue weighted by Crippen LogP contribution is 2.35. The van der Waals surface area contributed by atoms with E-state index in [0.717, 1.165) is 18.2 Å². The highest BCUT2D eigenvalue weighted by Gasteiger charge is 2.20. The molecular formula is C16H9Cl2F2NO2. The third-order valence-corrected chi connectivity index (χ3v) is 4.00. The molecule has 0 radical (unpaired) electrons. The Balaban J connectivity index is 2.14. The number of aromatic nitrogens is 1. The van der Waals surface area contributed by atoms with Crippen LogP contribution in [0, 0.1) is 11.6 Å². The Bertz CT molecular complexity index is 860. The molecule has 3 rings (SSSR count). The molecule has 1 aromatic heterocycles. The fourth-order valence-electron chi connectivity index (χ4n) is 2.24. The molecule has 0 unspecified atom stereocenters. The molecule has 0 atom stereocenters. The van der Waals surface area contributed by atoms with Gasteiger partial charge in [0.2, 0.25) is 0 Å². The first-order valence-corrected chi connectivity index (χ1v) is 7.26. The number of hydrogen-bond acceptors (Lipinski definition) is 3. The summed E-state index contributed by atoms with van der Waals surface area (Å²) in [6.07, 6.45) is 0. The zero-order chi connectivity index (χ0) is 16.6. The number of rotatable bonds is 3. The maximum atomic E-state index is 13.4. The van der Waals surface area contributed by atoms with Crippen molar-refractivity contribution in [2.75, 3.05) is 0 Å².